The van der Waals surface area contributed by atoms with E-state index in [-0.39, 0.29) is 0 Å². The number of nitrogens with one attached hydrogen (secondary N) is 1. The highest BCUT2D eigenvalue weighted by Crippen LogP contribution is 2.17. The Morgan fingerprint density at radius 3 is 3.00 bits per heavy atom. The molecule has 0 atom stereocenters. The van der Waals surface area contributed by atoms with Crippen LogP contribution in [0.1, 0.15) is 0 Å². The number of anilines is 1. The predicted octanol–water partition coefficient (Wildman–Crippen LogP) is 0.163. The van der Waals surface area contributed by atoms with Crippen molar-refractivity contribution in [1.82, 2.24) is 20.0 Å². The zero-order chi connectivity index (χ0) is 9.97. The molecule has 0 aliphatic rings. The maximum atomic E-state index is 5.29. The Balaban J connectivity index is 2.47. The van der Waals surface area contributed by atoms with Crippen LogP contribution in [-0.2, 0) is 7.05 Å². The number of nitrogens with zero attached hydrogens (tertiary/aromatic N) is 4. The van der Waals surface area contributed by atoms with Crippen molar-refractivity contribution in [2.75, 3.05) is 5.43 Å². The quantitative estimate of drug-likeness (QED) is 0.521. The molecule has 2 rings (SSSR count). The molecule has 2 aromatic heterocycles. The van der Waals surface area contributed by atoms with Crippen LogP contribution in [0.2, 0.25) is 0 Å². The normalized spacial score (nSPS) is 10.1. The maximum Gasteiger partial charge on any atom is 0.107 e. The first kappa shape index (κ1) is 8.64. The topological polar surface area (TPSA) is 81.7 Å². The molecular weight excluding hydrogens is 180 g/mol. The van der Waals surface area contributed by atoms with Gasteiger partial charge in [-0.3, -0.25) is 10.8 Å². The lowest BCUT2D eigenvalue weighted by Crippen LogP contribution is -2.07. The van der Waals surface area contributed by atoms with Gasteiger partial charge >= 0.3 is 0 Å². The summed E-state index contributed by atoms with van der Waals surface area (Å²) in [6.45, 7) is 0. The van der Waals surface area contributed by atoms with Gasteiger partial charge in [0, 0.05) is 13.2 Å². The van der Waals surface area contributed by atoms with Crippen LogP contribution in [0, 0.1) is 0 Å². The van der Waals surface area contributed by atoms with E-state index in [0.717, 1.165) is 17.1 Å². The lowest BCUT2D eigenvalue weighted by molar-refractivity contribution is 0.719. The van der Waals surface area contributed by atoms with Crippen molar-refractivity contribution in [3.63, 3.8) is 0 Å². The van der Waals surface area contributed by atoms with Crippen LogP contribution in [-0.4, -0.2) is 20.0 Å². The van der Waals surface area contributed by atoms with Gasteiger partial charge in [-0.1, -0.05) is 5.21 Å². The van der Waals surface area contributed by atoms with Crippen molar-refractivity contribution in [2.45, 2.75) is 0 Å². The summed E-state index contributed by atoms with van der Waals surface area (Å²) < 4.78 is 1.66. The van der Waals surface area contributed by atoms with Crippen LogP contribution < -0.4 is 11.3 Å². The third kappa shape index (κ3) is 1.42. The number of hydrogen-bond donors (Lipinski definition) is 2. The van der Waals surface area contributed by atoms with Crippen LogP contribution >= 0.6 is 0 Å². The van der Waals surface area contributed by atoms with Crippen molar-refractivity contribution in [1.29, 1.82) is 0 Å². The molecule has 0 saturated heterocycles. The van der Waals surface area contributed by atoms with Gasteiger partial charge < -0.3 is 5.43 Å². The molecule has 0 aliphatic heterocycles. The van der Waals surface area contributed by atoms with E-state index < -0.39 is 0 Å². The number of hydrogen-bond acceptors (Lipinski definition) is 5. The Kier molecular flexibility index (Phi) is 2.11. The summed E-state index contributed by atoms with van der Waals surface area (Å²) in [7, 11) is 1.81. The average molecular weight is 190 g/mol. The highest BCUT2D eigenvalue weighted by molar-refractivity contribution is 5.59. The fourth-order valence-electron chi connectivity index (χ4n) is 1.18. The van der Waals surface area contributed by atoms with Crippen LogP contribution in [0.5, 0.6) is 0 Å². The molecule has 0 spiro atoms. The molecule has 0 unspecified atom stereocenters. The zero-order valence-electron chi connectivity index (χ0n) is 7.68. The van der Waals surface area contributed by atoms with Crippen molar-refractivity contribution < 1.29 is 0 Å². The largest absolute Gasteiger partial charge is 0.324 e. The van der Waals surface area contributed by atoms with Gasteiger partial charge in [-0.05, 0) is 12.1 Å². The number of aromatic nitrogens is 4. The molecule has 0 radical (unpaired) electrons. The van der Waals surface area contributed by atoms with Crippen molar-refractivity contribution in [3.05, 3.63) is 24.5 Å². The molecule has 0 saturated carbocycles. The summed E-state index contributed by atoms with van der Waals surface area (Å²) in [5.74, 6) is 5.29. The summed E-state index contributed by atoms with van der Waals surface area (Å²) in [5, 5.41) is 7.60. The van der Waals surface area contributed by atoms with Gasteiger partial charge in [0.15, 0.2) is 0 Å². The molecule has 2 heterocycles. The SMILES string of the molecule is Cn1nncc1-c1cc(NN)ccn1. The molecule has 6 nitrogen and oxygen atoms in total. The summed E-state index contributed by atoms with van der Waals surface area (Å²) in [6, 6.07) is 3.62. The molecule has 3 N–H and O–H groups in total. The Morgan fingerprint density at radius 2 is 2.36 bits per heavy atom. The number of pyridine rings is 1. The second-order valence-corrected chi connectivity index (χ2v) is 2.82. The van der Waals surface area contributed by atoms with Crippen molar-refractivity contribution in [2.24, 2.45) is 12.9 Å². The number of aryl methyl sites for hydroxylation is 1. The molecule has 0 fully saturated rings. The molecular formula is C8H10N6. The summed E-state index contributed by atoms with van der Waals surface area (Å²) >= 11 is 0. The highest BCUT2D eigenvalue weighted by atomic mass is 15.4. The van der Waals surface area contributed by atoms with Gasteiger partial charge in [0.2, 0.25) is 0 Å². The monoisotopic (exact) mass is 190 g/mol. The van der Waals surface area contributed by atoms with E-state index in [1.54, 1.807) is 23.1 Å². The lowest BCUT2D eigenvalue weighted by Gasteiger charge is -2.02. The minimum atomic E-state index is 0.785. The molecule has 6 heteroatoms. The summed E-state index contributed by atoms with van der Waals surface area (Å²) in [4.78, 5) is 4.19. The van der Waals surface area contributed by atoms with E-state index >= 15 is 0 Å². The van der Waals surface area contributed by atoms with Crippen molar-refractivity contribution in [3.8, 4) is 11.4 Å². The fraction of sp³-hybridized carbons (Fsp3) is 0.125. The van der Waals surface area contributed by atoms with Crippen LogP contribution in [0.4, 0.5) is 5.69 Å². The molecule has 2 aromatic rings. The third-order valence-electron chi connectivity index (χ3n) is 1.90. The lowest BCUT2D eigenvalue weighted by atomic mass is 10.2. The highest BCUT2D eigenvalue weighted by Gasteiger charge is 2.04. The number of nitrogen functional groups attached to an aromatic ring is 1. The van der Waals surface area contributed by atoms with Gasteiger partial charge in [-0.15, -0.1) is 5.10 Å². The molecule has 14 heavy (non-hydrogen) atoms. The van der Waals surface area contributed by atoms with E-state index in [1.807, 2.05) is 13.1 Å². The molecule has 0 bridgehead atoms. The second kappa shape index (κ2) is 3.43. The first-order chi connectivity index (χ1) is 6.81. The summed E-state index contributed by atoms with van der Waals surface area (Å²) in [6.07, 6.45) is 3.33. The first-order valence-corrected chi connectivity index (χ1v) is 4.09. The van der Waals surface area contributed by atoms with E-state index in [4.69, 9.17) is 5.84 Å². The fourth-order valence-corrected chi connectivity index (χ4v) is 1.18. The number of hydrazine groups is 1. The maximum absolute atomic E-state index is 5.29. The Labute approximate surface area is 80.7 Å². The minimum Gasteiger partial charge on any atom is -0.324 e. The van der Waals surface area contributed by atoms with Crippen molar-refractivity contribution >= 4 is 5.69 Å². The zero-order valence-corrected chi connectivity index (χ0v) is 7.68. The third-order valence-corrected chi connectivity index (χ3v) is 1.90. The molecule has 0 aromatic carbocycles. The van der Waals surface area contributed by atoms with Crippen LogP contribution in [0.15, 0.2) is 24.5 Å². The van der Waals surface area contributed by atoms with Gasteiger partial charge in [-0.25, -0.2) is 4.68 Å². The molecule has 72 valence electrons. The van der Waals surface area contributed by atoms with Gasteiger partial charge in [-0.2, -0.15) is 0 Å². The van der Waals surface area contributed by atoms with Gasteiger partial charge in [0.05, 0.1) is 17.6 Å². The minimum absolute atomic E-state index is 0.785. The molecule has 0 aliphatic carbocycles. The second-order valence-electron chi connectivity index (χ2n) is 2.82. The number of nitrogens with two attached hydrogens (primary N) is 1. The Hall–Kier alpha value is -1.95. The van der Waals surface area contributed by atoms with Crippen LogP contribution in [0.25, 0.3) is 11.4 Å². The van der Waals surface area contributed by atoms with E-state index in [1.165, 1.54) is 0 Å². The van der Waals surface area contributed by atoms with Crippen LogP contribution in [0.3, 0.4) is 0 Å². The smallest absolute Gasteiger partial charge is 0.107 e. The Bertz CT molecular complexity index is 435. The van der Waals surface area contributed by atoms with E-state index in [2.05, 4.69) is 20.7 Å². The van der Waals surface area contributed by atoms with Gasteiger partial charge in [0.25, 0.3) is 0 Å². The molecule has 0 amide bonds. The first-order valence-electron chi connectivity index (χ1n) is 4.09. The van der Waals surface area contributed by atoms with E-state index in [9.17, 15) is 0 Å². The van der Waals surface area contributed by atoms with E-state index in [0.29, 0.717) is 0 Å². The Morgan fingerprint density at radius 1 is 1.50 bits per heavy atom. The average Bonchev–Trinajstić information content (AvgIpc) is 2.65. The number of rotatable bonds is 2. The standard InChI is InChI=1S/C8H10N6/c1-14-8(5-11-13-14)7-4-6(12-9)2-3-10-7/h2-5H,9H2,1H3,(H,10,12). The van der Waals surface area contributed by atoms with Gasteiger partial charge in [0.1, 0.15) is 5.69 Å². The summed E-state index contributed by atoms with van der Waals surface area (Å²) in [5.41, 5.74) is 5.00. The predicted molar refractivity (Wildman–Crippen MR) is 52.0 cm³/mol.